The lowest BCUT2D eigenvalue weighted by molar-refractivity contribution is 0.304. The Morgan fingerprint density at radius 3 is 2.32 bits per heavy atom. The maximum absolute atomic E-state index is 9.33. The van der Waals surface area contributed by atoms with Gasteiger partial charge in [-0.15, -0.1) is 0 Å². The van der Waals surface area contributed by atoms with Crippen molar-refractivity contribution in [2.45, 2.75) is 25.2 Å². The highest BCUT2D eigenvalue weighted by Crippen LogP contribution is 2.23. The number of rotatable bonds is 8. The molecule has 1 unspecified atom stereocenters. The Bertz CT molecular complexity index is 587. The van der Waals surface area contributed by atoms with E-state index in [2.05, 4.69) is 6.07 Å². The van der Waals surface area contributed by atoms with Gasteiger partial charge in [0, 0.05) is 0 Å². The minimum absolute atomic E-state index is 0.0670. The summed E-state index contributed by atoms with van der Waals surface area (Å²) in [5, 5.41) is 9.33. The number of para-hydroxylation sites is 1. The van der Waals surface area contributed by atoms with Crippen LogP contribution in [0, 0.1) is 11.3 Å². The molecule has 0 aliphatic rings. The maximum atomic E-state index is 9.33. The van der Waals surface area contributed by atoms with Crippen molar-refractivity contribution in [2.75, 3.05) is 13.7 Å². The summed E-state index contributed by atoms with van der Waals surface area (Å²) < 4.78 is 10.8. The van der Waals surface area contributed by atoms with E-state index in [4.69, 9.17) is 9.47 Å². The fourth-order valence-corrected chi connectivity index (χ4v) is 2.30. The van der Waals surface area contributed by atoms with Crippen molar-refractivity contribution in [1.82, 2.24) is 0 Å². The molecule has 22 heavy (non-hydrogen) atoms. The van der Waals surface area contributed by atoms with Gasteiger partial charge in [-0.3, -0.25) is 0 Å². The number of hydrogen-bond donors (Lipinski definition) is 0. The Morgan fingerprint density at radius 1 is 0.955 bits per heavy atom. The van der Waals surface area contributed by atoms with Crippen molar-refractivity contribution in [2.24, 2.45) is 0 Å². The zero-order chi connectivity index (χ0) is 15.6. The minimum atomic E-state index is -0.0670. The van der Waals surface area contributed by atoms with Crippen LogP contribution in [0.4, 0.5) is 0 Å². The number of nitriles is 1. The summed E-state index contributed by atoms with van der Waals surface area (Å²) in [5.41, 5.74) is 1.05. The van der Waals surface area contributed by atoms with Gasteiger partial charge in [-0.2, -0.15) is 5.26 Å². The third-order valence-corrected chi connectivity index (χ3v) is 3.57. The summed E-state index contributed by atoms with van der Waals surface area (Å²) in [6.45, 7) is 0.685. The largest absolute Gasteiger partial charge is 0.497 e. The molecule has 2 aromatic rings. The number of benzene rings is 2. The lowest BCUT2D eigenvalue weighted by Crippen LogP contribution is -2.00. The molecule has 3 heteroatoms. The Morgan fingerprint density at radius 2 is 1.68 bits per heavy atom. The van der Waals surface area contributed by atoms with Crippen molar-refractivity contribution in [3.63, 3.8) is 0 Å². The van der Waals surface area contributed by atoms with Crippen LogP contribution in [0.5, 0.6) is 11.5 Å². The van der Waals surface area contributed by atoms with E-state index in [1.165, 1.54) is 0 Å². The van der Waals surface area contributed by atoms with Gasteiger partial charge >= 0.3 is 0 Å². The van der Waals surface area contributed by atoms with E-state index in [1.807, 2.05) is 54.6 Å². The average molecular weight is 295 g/mol. The van der Waals surface area contributed by atoms with Crippen LogP contribution >= 0.6 is 0 Å². The predicted molar refractivity (Wildman–Crippen MR) is 87.1 cm³/mol. The lowest BCUT2D eigenvalue weighted by atomic mass is 9.95. The summed E-state index contributed by atoms with van der Waals surface area (Å²) >= 11 is 0. The predicted octanol–water partition coefficient (Wildman–Crippen LogP) is 4.55. The first-order chi connectivity index (χ1) is 10.8. The highest BCUT2D eigenvalue weighted by Gasteiger charge is 2.10. The molecule has 0 heterocycles. The van der Waals surface area contributed by atoms with Gasteiger partial charge in [0.15, 0.2) is 0 Å². The van der Waals surface area contributed by atoms with E-state index in [1.54, 1.807) is 7.11 Å². The summed E-state index contributed by atoms with van der Waals surface area (Å²) in [6.07, 6.45) is 2.77. The second-order valence-corrected chi connectivity index (χ2v) is 5.11. The van der Waals surface area contributed by atoms with Gasteiger partial charge in [0.05, 0.1) is 25.7 Å². The highest BCUT2D eigenvalue weighted by molar-refractivity contribution is 5.31. The third kappa shape index (κ3) is 4.82. The number of hydrogen-bond acceptors (Lipinski definition) is 3. The summed E-state index contributed by atoms with van der Waals surface area (Å²) in [5.74, 6) is 1.65. The number of methoxy groups -OCH3 is 1. The van der Waals surface area contributed by atoms with Crippen LogP contribution < -0.4 is 9.47 Å². The molecule has 0 spiro atoms. The number of nitrogens with zero attached hydrogens (tertiary/aromatic N) is 1. The maximum Gasteiger partial charge on any atom is 0.119 e. The Balaban J connectivity index is 1.73. The first kappa shape index (κ1) is 15.9. The quantitative estimate of drug-likeness (QED) is 0.671. The van der Waals surface area contributed by atoms with Crippen LogP contribution in [0.2, 0.25) is 0 Å². The second kappa shape index (κ2) is 8.74. The van der Waals surface area contributed by atoms with Crippen molar-refractivity contribution in [3.05, 3.63) is 60.2 Å². The van der Waals surface area contributed by atoms with Crippen LogP contribution in [-0.4, -0.2) is 13.7 Å². The van der Waals surface area contributed by atoms with Crippen LogP contribution in [0.1, 0.15) is 30.7 Å². The van der Waals surface area contributed by atoms with Gasteiger partial charge in [-0.1, -0.05) is 30.3 Å². The van der Waals surface area contributed by atoms with E-state index < -0.39 is 0 Å². The van der Waals surface area contributed by atoms with Crippen LogP contribution in [0.3, 0.4) is 0 Å². The average Bonchev–Trinajstić information content (AvgIpc) is 2.59. The molecule has 0 aliphatic carbocycles. The first-order valence-corrected chi connectivity index (χ1v) is 7.55. The molecule has 0 amide bonds. The van der Waals surface area contributed by atoms with Gasteiger partial charge in [0.2, 0.25) is 0 Å². The molecule has 0 aromatic heterocycles. The zero-order valence-corrected chi connectivity index (χ0v) is 12.9. The summed E-state index contributed by atoms with van der Waals surface area (Å²) in [7, 11) is 1.64. The van der Waals surface area contributed by atoms with Gasteiger partial charge in [0.1, 0.15) is 11.5 Å². The monoisotopic (exact) mass is 295 g/mol. The molecule has 0 N–H and O–H groups in total. The summed E-state index contributed by atoms with van der Waals surface area (Å²) in [4.78, 5) is 0. The topological polar surface area (TPSA) is 42.2 Å². The molecule has 0 saturated heterocycles. The van der Waals surface area contributed by atoms with Crippen molar-refractivity contribution in [3.8, 4) is 17.6 Å². The molecule has 0 fully saturated rings. The molecule has 0 saturated carbocycles. The lowest BCUT2D eigenvalue weighted by Gasteiger charge is -2.10. The van der Waals surface area contributed by atoms with E-state index in [-0.39, 0.29) is 5.92 Å². The van der Waals surface area contributed by atoms with Gasteiger partial charge in [0.25, 0.3) is 0 Å². The highest BCUT2D eigenvalue weighted by atomic mass is 16.5. The molecule has 0 bridgehead atoms. The van der Waals surface area contributed by atoms with Crippen molar-refractivity contribution in [1.29, 1.82) is 5.26 Å². The first-order valence-electron chi connectivity index (χ1n) is 7.55. The molecule has 2 rings (SSSR count). The van der Waals surface area contributed by atoms with Crippen LogP contribution in [-0.2, 0) is 0 Å². The zero-order valence-electron chi connectivity index (χ0n) is 12.9. The number of unbranched alkanes of at least 4 members (excludes halogenated alkanes) is 1. The van der Waals surface area contributed by atoms with E-state index in [0.29, 0.717) is 6.61 Å². The summed E-state index contributed by atoms with van der Waals surface area (Å²) in [6, 6.07) is 19.9. The fourth-order valence-electron chi connectivity index (χ4n) is 2.30. The Kier molecular flexibility index (Phi) is 6.32. The molecular formula is C19H21NO2. The molecule has 2 aromatic carbocycles. The molecular weight excluding hydrogens is 274 g/mol. The van der Waals surface area contributed by atoms with Crippen LogP contribution in [0.25, 0.3) is 0 Å². The minimum Gasteiger partial charge on any atom is -0.497 e. The van der Waals surface area contributed by atoms with Gasteiger partial charge in [-0.25, -0.2) is 0 Å². The second-order valence-electron chi connectivity index (χ2n) is 5.11. The Hall–Kier alpha value is -2.47. The van der Waals surface area contributed by atoms with Crippen molar-refractivity contribution < 1.29 is 9.47 Å². The molecule has 0 radical (unpaired) electrons. The molecule has 3 nitrogen and oxygen atoms in total. The van der Waals surface area contributed by atoms with Gasteiger partial charge in [-0.05, 0) is 49.1 Å². The smallest absolute Gasteiger partial charge is 0.119 e. The third-order valence-electron chi connectivity index (χ3n) is 3.57. The number of ether oxygens (including phenoxy) is 2. The van der Waals surface area contributed by atoms with Crippen molar-refractivity contribution >= 4 is 0 Å². The molecule has 1 atom stereocenters. The fraction of sp³-hybridized carbons (Fsp3) is 0.316. The van der Waals surface area contributed by atoms with E-state index in [9.17, 15) is 5.26 Å². The standard InChI is InChI=1S/C19H21NO2/c1-21-18-12-10-16(11-13-18)17(15-20)7-5-6-14-22-19-8-3-2-4-9-19/h2-4,8-13,17H,5-7,14H2,1H3. The Labute approximate surface area is 132 Å². The van der Waals surface area contributed by atoms with Gasteiger partial charge < -0.3 is 9.47 Å². The van der Waals surface area contributed by atoms with Crippen LogP contribution in [0.15, 0.2) is 54.6 Å². The molecule has 0 aliphatic heterocycles. The SMILES string of the molecule is COc1ccc(C(C#N)CCCCOc2ccccc2)cc1. The molecule has 114 valence electrons. The normalized spacial score (nSPS) is 11.5. The van der Waals surface area contributed by atoms with E-state index >= 15 is 0 Å². The van der Waals surface area contributed by atoms with E-state index in [0.717, 1.165) is 36.3 Å².